The fourth-order valence-corrected chi connectivity index (χ4v) is 3.93. The van der Waals surface area contributed by atoms with Gasteiger partial charge in [0.2, 0.25) is 14.9 Å². The minimum absolute atomic E-state index is 0.0730. The number of benzene rings is 2. The molecule has 2 aromatic carbocycles. The number of nitrogens with zero attached hydrogens (tertiary/aromatic N) is 3. The molecule has 0 unspecified atom stereocenters. The van der Waals surface area contributed by atoms with E-state index in [1.54, 1.807) is 56.5 Å². The molecule has 0 fully saturated rings. The Morgan fingerprint density at radius 3 is 2.19 bits per heavy atom. The monoisotopic (exact) mass is 373 g/mol. The minimum Gasteiger partial charge on any atom is -0.493 e. The highest BCUT2D eigenvalue weighted by Crippen LogP contribution is 2.30. The van der Waals surface area contributed by atoms with Crippen molar-refractivity contribution < 1.29 is 17.9 Å². The summed E-state index contributed by atoms with van der Waals surface area (Å²) in [5, 5.41) is 7.86. The van der Waals surface area contributed by atoms with E-state index in [2.05, 4.69) is 10.3 Å². The molecule has 8 heteroatoms. The number of aromatic nitrogens is 3. The van der Waals surface area contributed by atoms with Crippen LogP contribution >= 0.6 is 0 Å². The summed E-state index contributed by atoms with van der Waals surface area (Å²) in [5.74, 6) is 1.09. The number of hydrogen-bond acceptors (Lipinski definition) is 6. The predicted octanol–water partition coefficient (Wildman–Crippen LogP) is 2.73. The van der Waals surface area contributed by atoms with Gasteiger partial charge in [0, 0.05) is 6.07 Å². The van der Waals surface area contributed by atoms with Crippen LogP contribution in [0.5, 0.6) is 11.5 Å². The first-order valence-electron chi connectivity index (χ1n) is 7.85. The molecule has 1 aromatic heterocycles. The van der Waals surface area contributed by atoms with Crippen molar-refractivity contribution in [1.29, 1.82) is 0 Å². The lowest BCUT2D eigenvalue weighted by molar-refractivity contribution is 0.354. The summed E-state index contributed by atoms with van der Waals surface area (Å²) in [7, 11) is -0.675. The molecule has 0 saturated heterocycles. The van der Waals surface area contributed by atoms with Gasteiger partial charge in [-0.15, -0.1) is 5.10 Å². The average molecular weight is 373 g/mol. The van der Waals surface area contributed by atoms with Gasteiger partial charge in [-0.2, -0.15) is 0 Å². The van der Waals surface area contributed by atoms with E-state index in [0.29, 0.717) is 22.9 Å². The largest absolute Gasteiger partial charge is 0.493 e. The molecule has 7 nitrogen and oxygen atoms in total. The zero-order valence-corrected chi connectivity index (χ0v) is 15.7. The van der Waals surface area contributed by atoms with Gasteiger partial charge in [-0.05, 0) is 38.1 Å². The van der Waals surface area contributed by atoms with Gasteiger partial charge in [0.15, 0.2) is 11.5 Å². The van der Waals surface area contributed by atoms with Gasteiger partial charge in [0.25, 0.3) is 0 Å². The van der Waals surface area contributed by atoms with E-state index >= 15 is 0 Å². The molecule has 3 rings (SSSR count). The summed E-state index contributed by atoms with van der Waals surface area (Å²) in [6.45, 7) is 3.56. The van der Waals surface area contributed by atoms with Crippen LogP contribution in [0.1, 0.15) is 11.3 Å². The molecule has 3 aromatic rings. The van der Waals surface area contributed by atoms with E-state index in [9.17, 15) is 8.42 Å². The third-order valence-corrected chi connectivity index (χ3v) is 5.83. The van der Waals surface area contributed by atoms with Crippen LogP contribution in [0, 0.1) is 13.8 Å². The summed E-state index contributed by atoms with van der Waals surface area (Å²) in [5.41, 5.74) is 2.02. The van der Waals surface area contributed by atoms with E-state index < -0.39 is 9.84 Å². The Labute approximate surface area is 152 Å². The summed E-state index contributed by atoms with van der Waals surface area (Å²) in [4.78, 5) is 0.186. The Morgan fingerprint density at radius 1 is 0.923 bits per heavy atom. The van der Waals surface area contributed by atoms with Crippen LogP contribution in [0.25, 0.3) is 5.69 Å². The van der Waals surface area contributed by atoms with E-state index in [1.807, 2.05) is 6.92 Å². The van der Waals surface area contributed by atoms with Crippen LogP contribution in [0.4, 0.5) is 0 Å². The molecular formula is C18H19N3O4S. The quantitative estimate of drug-likeness (QED) is 0.684. The standard InChI is InChI=1S/C18H19N3O4S/c1-12-5-8-15(9-6-12)26(22,23)18-13(2)21(20-19-18)14-7-10-16(24-3)17(11-14)25-4/h5-11H,1-4H3. The second kappa shape index (κ2) is 6.80. The minimum atomic E-state index is -3.75. The van der Waals surface area contributed by atoms with Crippen molar-refractivity contribution in [2.75, 3.05) is 14.2 Å². The molecule has 0 atom stereocenters. The third-order valence-electron chi connectivity index (χ3n) is 4.05. The Balaban J connectivity index is 2.07. The highest BCUT2D eigenvalue weighted by atomic mass is 32.2. The van der Waals surface area contributed by atoms with Gasteiger partial charge in [-0.25, -0.2) is 13.1 Å². The molecule has 0 spiro atoms. The Morgan fingerprint density at radius 2 is 1.58 bits per heavy atom. The second-order valence-corrected chi connectivity index (χ2v) is 7.61. The van der Waals surface area contributed by atoms with Gasteiger partial charge in [-0.3, -0.25) is 0 Å². The molecule has 0 radical (unpaired) electrons. The van der Waals surface area contributed by atoms with Crippen molar-refractivity contribution in [3.8, 4) is 17.2 Å². The van der Waals surface area contributed by atoms with Crippen LogP contribution in [-0.2, 0) is 9.84 Å². The summed E-state index contributed by atoms with van der Waals surface area (Å²) in [6.07, 6.45) is 0. The topological polar surface area (TPSA) is 83.3 Å². The van der Waals surface area contributed by atoms with E-state index in [1.165, 1.54) is 11.8 Å². The van der Waals surface area contributed by atoms with Crippen LogP contribution in [0.3, 0.4) is 0 Å². The van der Waals surface area contributed by atoms with Gasteiger partial charge in [0.05, 0.1) is 30.5 Å². The Kier molecular flexibility index (Phi) is 4.69. The maximum absolute atomic E-state index is 12.9. The fourth-order valence-electron chi connectivity index (χ4n) is 2.59. The lowest BCUT2D eigenvalue weighted by atomic mass is 10.2. The summed E-state index contributed by atoms with van der Waals surface area (Å²) < 4.78 is 37.7. The molecule has 136 valence electrons. The van der Waals surface area contributed by atoms with Gasteiger partial charge >= 0.3 is 0 Å². The normalized spacial score (nSPS) is 11.4. The van der Waals surface area contributed by atoms with Crippen LogP contribution in [-0.4, -0.2) is 37.6 Å². The van der Waals surface area contributed by atoms with E-state index in [4.69, 9.17) is 9.47 Å². The molecule has 26 heavy (non-hydrogen) atoms. The number of ether oxygens (including phenoxy) is 2. The molecule has 0 aliphatic rings. The Hall–Kier alpha value is -2.87. The van der Waals surface area contributed by atoms with Crippen molar-refractivity contribution >= 4 is 9.84 Å². The maximum Gasteiger partial charge on any atom is 0.227 e. The molecule has 0 saturated carbocycles. The van der Waals surface area contributed by atoms with Crippen LogP contribution in [0.2, 0.25) is 0 Å². The lowest BCUT2D eigenvalue weighted by Crippen LogP contribution is -2.06. The first-order chi connectivity index (χ1) is 12.4. The third kappa shape index (κ3) is 3.03. The van der Waals surface area contributed by atoms with Crippen LogP contribution < -0.4 is 9.47 Å². The summed E-state index contributed by atoms with van der Waals surface area (Å²) >= 11 is 0. The zero-order chi connectivity index (χ0) is 18.9. The molecule has 0 aliphatic heterocycles. The first kappa shape index (κ1) is 17.9. The second-order valence-electron chi connectivity index (χ2n) is 5.75. The average Bonchev–Trinajstić information content (AvgIpc) is 3.03. The van der Waals surface area contributed by atoms with E-state index in [-0.39, 0.29) is 9.92 Å². The lowest BCUT2D eigenvalue weighted by Gasteiger charge is -2.10. The summed E-state index contributed by atoms with van der Waals surface area (Å²) in [6, 6.07) is 11.8. The maximum atomic E-state index is 12.9. The van der Waals surface area contributed by atoms with Gasteiger partial charge in [0.1, 0.15) is 0 Å². The number of aryl methyl sites for hydroxylation is 1. The van der Waals surface area contributed by atoms with E-state index in [0.717, 1.165) is 5.56 Å². The van der Waals surface area contributed by atoms with Gasteiger partial charge < -0.3 is 9.47 Å². The SMILES string of the molecule is COc1ccc(-n2nnc(S(=O)(=O)c3ccc(C)cc3)c2C)cc1OC. The molecule has 0 N–H and O–H groups in total. The number of methoxy groups -OCH3 is 2. The number of sulfone groups is 1. The van der Waals surface area contributed by atoms with Crippen molar-refractivity contribution in [3.05, 3.63) is 53.7 Å². The first-order valence-corrected chi connectivity index (χ1v) is 9.33. The number of hydrogen-bond donors (Lipinski definition) is 0. The van der Waals surface area contributed by atoms with Crippen molar-refractivity contribution in [2.45, 2.75) is 23.8 Å². The number of rotatable bonds is 5. The van der Waals surface area contributed by atoms with Crippen molar-refractivity contribution in [2.24, 2.45) is 0 Å². The van der Waals surface area contributed by atoms with Crippen molar-refractivity contribution in [3.63, 3.8) is 0 Å². The highest BCUT2D eigenvalue weighted by molar-refractivity contribution is 7.91. The zero-order valence-electron chi connectivity index (χ0n) is 14.9. The fraction of sp³-hybridized carbons (Fsp3) is 0.222. The Bertz CT molecular complexity index is 1040. The van der Waals surface area contributed by atoms with Crippen LogP contribution in [0.15, 0.2) is 52.4 Å². The predicted molar refractivity (Wildman–Crippen MR) is 95.8 cm³/mol. The molecule has 1 heterocycles. The molecule has 0 bridgehead atoms. The molecular weight excluding hydrogens is 354 g/mol. The smallest absolute Gasteiger partial charge is 0.227 e. The molecule has 0 amide bonds. The molecule has 0 aliphatic carbocycles. The van der Waals surface area contributed by atoms with Crippen molar-refractivity contribution in [1.82, 2.24) is 15.0 Å². The highest BCUT2D eigenvalue weighted by Gasteiger charge is 2.26. The van der Waals surface area contributed by atoms with Gasteiger partial charge in [-0.1, -0.05) is 22.9 Å².